The summed E-state index contributed by atoms with van der Waals surface area (Å²) in [6.45, 7) is 2.55. The van der Waals surface area contributed by atoms with Gasteiger partial charge in [-0.2, -0.15) is 0 Å². The Bertz CT molecular complexity index is 475. The van der Waals surface area contributed by atoms with Crippen LogP contribution in [-0.2, 0) is 4.74 Å². The molecule has 0 atom stereocenters. The minimum absolute atomic E-state index is 0.0257. The van der Waals surface area contributed by atoms with Crippen LogP contribution in [0.25, 0.3) is 0 Å². The Balaban J connectivity index is 1.75. The van der Waals surface area contributed by atoms with Gasteiger partial charge in [0, 0.05) is 23.7 Å². The van der Waals surface area contributed by atoms with Gasteiger partial charge in [-0.1, -0.05) is 23.2 Å². The maximum atomic E-state index is 12.2. The van der Waals surface area contributed by atoms with E-state index >= 15 is 0 Å². The Morgan fingerprint density at radius 1 is 1.40 bits per heavy atom. The topological polar surface area (TPSA) is 29.5 Å². The van der Waals surface area contributed by atoms with Crippen LogP contribution in [0.1, 0.15) is 23.2 Å². The lowest BCUT2D eigenvalue weighted by Gasteiger charge is -2.16. The van der Waals surface area contributed by atoms with Gasteiger partial charge in [0.25, 0.3) is 0 Å². The van der Waals surface area contributed by atoms with Gasteiger partial charge in [-0.15, -0.1) is 0 Å². The highest BCUT2D eigenvalue weighted by Crippen LogP contribution is 2.28. The second-order valence-electron chi connectivity index (χ2n) is 5.30. The lowest BCUT2D eigenvalue weighted by Crippen LogP contribution is -2.29. The van der Waals surface area contributed by atoms with Gasteiger partial charge in [-0.3, -0.25) is 9.69 Å². The van der Waals surface area contributed by atoms with Gasteiger partial charge in [0.2, 0.25) is 0 Å². The molecule has 0 spiro atoms. The van der Waals surface area contributed by atoms with Crippen molar-refractivity contribution >= 4 is 29.0 Å². The molecule has 0 amide bonds. The molecule has 110 valence electrons. The fourth-order valence-corrected chi connectivity index (χ4v) is 2.27. The number of hydrogen-bond donors (Lipinski definition) is 0. The third-order valence-electron chi connectivity index (χ3n) is 3.31. The average molecular weight is 316 g/mol. The lowest BCUT2D eigenvalue weighted by atomic mass is 10.1. The van der Waals surface area contributed by atoms with Crippen LogP contribution in [0.2, 0.25) is 10.0 Å². The van der Waals surface area contributed by atoms with Crippen LogP contribution >= 0.6 is 23.2 Å². The predicted molar refractivity (Wildman–Crippen MR) is 81.8 cm³/mol. The molecule has 1 fully saturated rings. The molecule has 3 nitrogen and oxygen atoms in total. The van der Waals surface area contributed by atoms with E-state index in [9.17, 15) is 4.79 Å². The van der Waals surface area contributed by atoms with Crippen molar-refractivity contribution in [3.8, 4) is 0 Å². The number of Topliss-reactive ketones (excluding diaryl/α,β-unsaturated/α-hetero) is 1. The normalized spacial score (nSPS) is 14.8. The van der Waals surface area contributed by atoms with Crippen molar-refractivity contribution < 1.29 is 9.53 Å². The molecule has 1 saturated carbocycles. The van der Waals surface area contributed by atoms with Crippen molar-refractivity contribution in [2.45, 2.75) is 12.8 Å². The maximum Gasteiger partial charge on any atom is 0.178 e. The molecule has 0 N–H and O–H groups in total. The first-order valence-corrected chi connectivity index (χ1v) is 7.56. The van der Waals surface area contributed by atoms with E-state index in [-0.39, 0.29) is 5.78 Å². The number of likely N-dealkylation sites (N-methyl/N-ethyl adjacent to an activating group) is 1. The molecule has 2 rings (SSSR count). The van der Waals surface area contributed by atoms with Crippen LogP contribution in [0.5, 0.6) is 0 Å². The SMILES string of the molecule is CN(CCOCC1CC1)CC(=O)c1cc(Cl)ccc1Cl. The Kier molecular flexibility index (Phi) is 5.85. The quantitative estimate of drug-likeness (QED) is 0.543. The highest BCUT2D eigenvalue weighted by Gasteiger charge is 2.21. The third-order valence-corrected chi connectivity index (χ3v) is 3.87. The summed E-state index contributed by atoms with van der Waals surface area (Å²) in [4.78, 5) is 14.1. The van der Waals surface area contributed by atoms with Crippen LogP contribution in [0.4, 0.5) is 0 Å². The molecule has 1 aromatic carbocycles. The highest BCUT2D eigenvalue weighted by molar-refractivity contribution is 6.36. The minimum Gasteiger partial charge on any atom is -0.380 e. The standard InChI is InChI=1S/C15H19Cl2NO2/c1-18(6-7-20-10-11-2-3-11)9-15(19)13-8-12(16)4-5-14(13)17/h4-5,8,11H,2-3,6-7,9-10H2,1H3. The first-order chi connectivity index (χ1) is 9.56. The highest BCUT2D eigenvalue weighted by atomic mass is 35.5. The number of carbonyl (C=O) groups excluding carboxylic acids is 1. The van der Waals surface area contributed by atoms with Crippen molar-refractivity contribution in [2.24, 2.45) is 5.92 Å². The van der Waals surface area contributed by atoms with Crippen molar-refractivity contribution in [1.29, 1.82) is 0 Å². The van der Waals surface area contributed by atoms with Gasteiger partial charge in [-0.25, -0.2) is 0 Å². The van der Waals surface area contributed by atoms with E-state index in [1.54, 1.807) is 18.2 Å². The van der Waals surface area contributed by atoms with E-state index < -0.39 is 0 Å². The molecule has 20 heavy (non-hydrogen) atoms. The zero-order valence-corrected chi connectivity index (χ0v) is 13.1. The zero-order chi connectivity index (χ0) is 14.5. The number of ketones is 1. The van der Waals surface area contributed by atoms with Gasteiger partial charge < -0.3 is 4.74 Å². The number of carbonyl (C=O) groups is 1. The fourth-order valence-electron chi connectivity index (χ4n) is 1.88. The van der Waals surface area contributed by atoms with Crippen molar-refractivity contribution in [3.05, 3.63) is 33.8 Å². The zero-order valence-electron chi connectivity index (χ0n) is 11.6. The summed E-state index contributed by atoms with van der Waals surface area (Å²) in [6, 6.07) is 4.94. The summed E-state index contributed by atoms with van der Waals surface area (Å²) >= 11 is 11.9. The Morgan fingerprint density at radius 2 is 2.15 bits per heavy atom. The number of halogens is 2. The van der Waals surface area contributed by atoms with Gasteiger partial charge in [0.1, 0.15) is 0 Å². The van der Waals surface area contributed by atoms with E-state index in [1.807, 2.05) is 11.9 Å². The van der Waals surface area contributed by atoms with E-state index in [1.165, 1.54) is 12.8 Å². The molecule has 0 unspecified atom stereocenters. The van der Waals surface area contributed by atoms with Crippen molar-refractivity contribution in [2.75, 3.05) is 33.4 Å². The molecule has 5 heteroatoms. The maximum absolute atomic E-state index is 12.2. The third kappa shape index (κ3) is 5.06. The molecule has 1 aliphatic rings. The molecule has 0 saturated heterocycles. The number of benzene rings is 1. The van der Waals surface area contributed by atoms with Crippen LogP contribution in [0, 0.1) is 5.92 Å². The van der Waals surface area contributed by atoms with E-state index in [0.29, 0.717) is 28.8 Å². The largest absolute Gasteiger partial charge is 0.380 e. The number of ether oxygens (including phenoxy) is 1. The van der Waals surface area contributed by atoms with E-state index in [2.05, 4.69) is 0 Å². The average Bonchev–Trinajstić information content (AvgIpc) is 3.21. The number of rotatable bonds is 8. The van der Waals surface area contributed by atoms with Gasteiger partial charge >= 0.3 is 0 Å². The summed E-state index contributed by atoms with van der Waals surface area (Å²) in [5.74, 6) is 0.745. The van der Waals surface area contributed by atoms with Crippen molar-refractivity contribution in [1.82, 2.24) is 4.90 Å². The molecule has 0 aliphatic heterocycles. The second kappa shape index (κ2) is 7.41. The molecule has 1 aromatic rings. The molecule has 0 heterocycles. The molecule has 0 bridgehead atoms. The van der Waals surface area contributed by atoms with Gasteiger partial charge in [0.15, 0.2) is 5.78 Å². The molecular weight excluding hydrogens is 297 g/mol. The van der Waals surface area contributed by atoms with Gasteiger partial charge in [-0.05, 0) is 44.0 Å². The second-order valence-corrected chi connectivity index (χ2v) is 6.15. The molecule has 0 radical (unpaired) electrons. The van der Waals surface area contributed by atoms with E-state index in [4.69, 9.17) is 27.9 Å². The van der Waals surface area contributed by atoms with Crippen LogP contribution in [0.15, 0.2) is 18.2 Å². The van der Waals surface area contributed by atoms with Crippen LogP contribution < -0.4 is 0 Å². The minimum atomic E-state index is -0.0257. The number of nitrogens with zero attached hydrogens (tertiary/aromatic N) is 1. The monoisotopic (exact) mass is 315 g/mol. The summed E-state index contributed by atoms with van der Waals surface area (Å²) in [7, 11) is 1.90. The summed E-state index contributed by atoms with van der Waals surface area (Å²) in [5.41, 5.74) is 0.477. The first kappa shape index (κ1) is 15.8. The number of hydrogen-bond acceptors (Lipinski definition) is 3. The summed E-state index contributed by atoms with van der Waals surface area (Å²) in [5, 5.41) is 0.964. The summed E-state index contributed by atoms with van der Waals surface area (Å²) < 4.78 is 5.56. The Hall–Kier alpha value is -0.610. The smallest absolute Gasteiger partial charge is 0.178 e. The lowest BCUT2D eigenvalue weighted by molar-refractivity contribution is 0.0861. The Labute approximate surface area is 129 Å². The summed E-state index contributed by atoms with van der Waals surface area (Å²) in [6.07, 6.45) is 2.59. The van der Waals surface area contributed by atoms with Crippen LogP contribution in [-0.4, -0.2) is 44.0 Å². The van der Waals surface area contributed by atoms with Crippen LogP contribution in [0.3, 0.4) is 0 Å². The predicted octanol–water partition coefficient (Wildman–Crippen LogP) is 3.53. The fraction of sp³-hybridized carbons (Fsp3) is 0.533. The molecular formula is C15H19Cl2NO2. The van der Waals surface area contributed by atoms with E-state index in [0.717, 1.165) is 19.1 Å². The molecule has 0 aromatic heterocycles. The molecule has 1 aliphatic carbocycles. The first-order valence-electron chi connectivity index (χ1n) is 6.81. The Morgan fingerprint density at radius 3 is 2.85 bits per heavy atom. The van der Waals surface area contributed by atoms with Crippen molar-refractivity contribution in [3.63, 3.8) is 0 Å². The van der Waals surface area contributed by atoms with Gasteiger partial charge in [0.05, 0.1) is 18.2 Å².